The lowest BCUT2D eigenvalue weighted by molar-refractivity contribution is 0.415. The number of rotatable bonds is 3. The standard InChI is InChI=1S/C14H14BrFN2O/c1-8-5-10(15)11(16)7-14(8)18-13-4-3-9(19-2)6-12(13)17/h3-7,18H,17H2,1-2H3. The maximum absolute atomic E-state index is 13.5. The van der Waals surface area contributed by atoms with Crippen LogP contribution in [0.2, 0.25) is 0 Å². The van der Waals surface area contributed by atoms with E-state index in [2.05, 4.69) is 21.2 Å². The molecule has 0 saturated heterocycles. The molecule has 0 aromatic heterocycles. The van der Waals surface area contributed by atoms with Gasteiger partial charge in [0.25, 0.3) is 0 Å². The maximum atomic E-state index is 13.5. The van der Waals surface area contributed by atoms with E-state index in [1.165, 1.54) is 6.07 Å². The topological polar surface area (TPSA) is 47.3 Å². The van der Waals surface area contributed by atoms with Crippen LogP contribution in [-0.4, -0.2) is 7.11 Å². The molecule has 3 N–H and O–H groups in total. The number of benzene rings is 2. The Bertz CT molecular complexity index is 617. The molecule has 2 aromatic carbocycles. The third kappa shape index (κ3) is 2.98. The predicted octanol–water partition coefficient (Wildman–Crippen LogP) is 4.23. The highest BCUT2D eigenvalue weighted by Crippen LogP contribution is 2.30. The molecule has 0 fully saturated rings. The molecule has 0 spiro atoms. The highest BCUT2D eigenvalue weighted by atomic mass is 79.9. The highest BCUT2D eigenvalue weighted by molar-refractivity contribution is 9.10. The summed E-state index contributed by atoms with van der Waals surface area (Å²) in [5, 5.41) is 3.12. The Morgan fingerprint density at radius 1 is 1.21 bits per heavy atom. The number of hydrogen-bond acceptors (Lipinski definition) is 3. The fourth-order valence-corrected chi connectivity index (χ4v) is 2.17. The molecule has 5 heteroatoms. The van der Waals surface area contributed by atoms with Crippen molar-refractivity contribution >= 4 is 33.0 Å². The maximum Gasteiger partial charge on any atom is 0.139 e. The van der Waals surface area contributed by atoms with E-state index in [1.54, 1.807) is 31.4 Å². The monoisotopic (exact) mass is 324 g/mol. The molecule has 0 bridgehead atoms. The fourth-order valence-electron chi connectivity index (χ4n) is 1.71. The van der Waals surface area contributed by atoms with E-state index >= 15 is 0 Å². The van der Waals surface area contributed by atoms with Crippen molar-refractivity contribution in [1.29, 1.82) is 0 Å². The van der Waals surface area contributed by atoms with E-state index in [-0.39, 0.29) is 5.82 Å². The summed E-state index contributed by atoms with van der Waals surface area (Å²) in [5.74, 6) is 0.363. The number of aryl methyl sites for hydroxylation is 1. The molecule has 0 amide bonds. The zero-order valence-corrected chi connectivity index (χ0v) is 12.2. The quantitative estimate of drug-likeness (QED) is 0.830. The third-order valence-electron chi connectivity index (χ3n) is 2.80. The zero-order chi connectivity index (χ0) is 14.0. The van der Waals surface area contributed by atoms with Crippen molar-refractivity contribution in [2.45, 2.75) is 6.92 Å². The van der Waals surface area contributed by atoms with Crippen molar-refractivity contribution in [2.24, 2.45) is 0 Å². The van der Waals surface area contributed by atoms with E-state index in [1.807, 2.05) is 6.92 Å². The minimum atomic E-state index is -0.319. The summed E-state index contributed by atoms with van der Waals surface area (Å²) in [5.41, 5.74) is 8.77. The van der Waals surface area contributed by atoms with Crippen molar-refractivity contribution in [2.75, 3.05) is 18.2 Å². The average molecular weight is 325 g/mol. The molecular formula is C14H14BrFN2O. The Morgan fingerprint density at radius 3 is 2.58 bits per heavy atom. The summed E-state index contributed by atoms with van der Waals surface area (Å²) < 4.78 is 19.1. The van der Waals surface area contributed by atoms with E-state index in [4.69, 9.17) is 10.5 Å². The third-order valence-corrected chi connectivity index (χ3v) is 3.40. The summed E-state index contributed by atoms with van der Waals surface area (Å²) in [6.45, 7) is 1.90. The molecule has 0 aliphatic carbocycles. The van der Waals surface area contributed by atoms with Crippen LogP contribution in [0.4, 0.5) is 21.5 Å². The van der Waals surface area contributed by atoms with Crippen LogP contribution >= 0.6 is 15.9 Å². The lowest BCUT2D eigenvalue weighted by Crippen LogP contribution is -1.99. The van der Waals surface area contributed by atoms with Gasteiger partial charge in [-0.3, -0.25) is 0 Å². The SMILES string of the molecule is COc1ccc(Nc2cc(F)c(Br)cc2C)c(N)c1. The van der Waals surface area contributed by atoms with Crippen LogP contribution in [0.15, 0.2) is 34.8 Å². The van der Waals surface area contributed by atoms with Crippen LogP contribution in [0.1, 0.15) is 5.56 Å². The van der Waals surface area contributed by atoms with Crippen molar-refractivity contribution in [3.8, 4) is 5.75 Å². The van der Waals surface area contributed by atoms with Gasteiger partial charge >= 0.3 is 0 Å². The summed E-state index contributed by atoms with van der Waals surface area (Å²) >= 11 is 3.15. The molecule has 0 atom stereocenters. The van der Waals surface area contributed by atoms with Crippen LogP contribution < -0.4 is 15.8 Å². The lowest BCUT2D eigenvalue weighted by atomic mass is 10.1. The zero-order valence-electron chi connectivity index (χ0n) is 10.6. The number of nitrogen functional groups attached to an aromatic ring is 1. The first-order valence-corrected chi connectivity index (χ1v) is 6.46. The van der Waals surface area contributed by atoms with Crippen LogP contribution in [-0.2, 0) is 0 Å². The normalized spacial score (nSPS) is 10.3. The minimum absolute atomic E-state index is 0.319. The number of methoxy groups -OCH3 is 1. The van der Waals surface area contributed by atoms with E-state index in [9.17, 15) is 4.39 Å². The number of halogens is 2. The van der Waals surface area contributed by atoms with Crippen LogP contribution in [0.25, 0.3) is 0 Å². The molecular weight excluding hydrogens is 311 g/mol. The Labute approximate surface area is 119 Å². The van der Waals surface area contributed by atoms with Gasteiger partial charge in [0.1, 0.15) is 11.6 Å². The molecule has 0 aliphatic heterocycles. The number of hydrogen-bond donors (Lipinski definition) is 2. The fraction of sp³-hybridized carbons (Fsp3) is 0.143. The van der Waals surface area contributed by atoms with Crippen LogP contribution in [0.3, 0.4) is 0 Å². The molecule has 0 radical (unpaired) electrons. The van der Waals surface area contributed by atoms with Crippen molar-refractivity contribution in [3.05, 3.63) is 46.2 Å². The number of ether oxygens (including phenoxy) is 1. The summed E-state index contributed by atoms with van der Waals surface area (Å²) in [6.07, 6.45) is 0. The van der Waals surface area contributed by atoms with Gasteiger partial charge in [0.2, 0.25) is 0 Å². The summed E-state index contributed by atoms with van der Waals surface area (Å²) in [7, 11) is 1.58. The van der Waals surface area contributed by atoms with Gasteiger partial charge in [-0.25, -0.2) is 4.39 Å². The van der Waals surface area contributed by atoms with Crippen LogP contribution in [0.5, 0.6) is 5.75 Å². The smallest absolute Gasteiger partial charge is 0.139 e. The van der Waals surface area contributed by atoms with Gasteiger partial charge in [0.05, 0.1) is 23.0 Å². The molecule has 0 aliphatic rings. The first kappa shape index (κ1) is 13.7. The molecule has 0 heterocycles. The Morgan fingerprint density at radius 2 is 1.95 bits per heavy atom. The summed E-state index contributed by atoms with van der Waals surface area (Å²) in [6, 6.07) is 8.46. The molecule has 2 rings (SSSR count). The van der Waals surface area contributed by atoms with E-state index < -0.39 is 0 Å². The van der Waals surface area contributed by atoms with Gasteiger partial charge < -0.3 is 15.8 Å². The van der Waals surface area contributed by atoms with Crippen molar-refractivity contribution in [1.82, 2.24) is 0 Å². The van der Waals surface area contributed by atoms with Crippen molar-refractivity contribution in [3.63, 3.8) is 0 Å². The largest absolute Gasteiger partial charge is 0.497 e. The second-order valence-corrected chi connectivity index (χ2v) is 5.01. The lowest BCUT2D eigenvalue weighted by Gasteiger charge is -2.13. The summed E-state index contributed by atoms with van der Waals surface area (Å²) in [4.78, 5) is 0. The molecule has 0 unspecified atom stereocenters. The van der Waals surface area contributed by atoms with Crippen LogP contribution in [0, 0.1) is 12.7 Å². The first-order valence-electron chi connectivity index (χ1n) is 5.67. The highest BCUT2D eigenvalue weighted by Gasteiger charge is 2.07. The molecule has 2 aromatic rings. The van der Waals surface area contributed by atoms with E-state index in [0.29, 0.717) is 27.3 Å². The second kappa shape index (κ2) is 5.48. The Balaban J connectivity index is 2.33. The number of anilines is 3. The van der Waals surface area contributed by atoms with Gasteiger partial charge in [0.15, 0.2) is 0 Å². The van der Waals surface area contributed by atoms with Gasteiger partial charge in [-0.15, -0.1) is 0 Å². The van der Waals surface area contributed by atoms with E-state index in [0.717, 1.165) is 5.56 Å². The van der Waals surface area contributed by atoms with Gasteiger partial charge in [-0.2, -0.15) is 0 Å². The predicted molar refractivity (Wildman–Crippen MR) is 79.5 cm³/mol. The van der Waals surface area contributed by atoms with Gasteiger partial charge in [-0.05, 0) is 52.7 Å². The first-order chi connectivity index (χ1) is 9.01. The minimum Gasteiger partial charge on any atom is -0.497 e. The molecule has 100 valence electrons. The Kier molecular flexibility index (Phi) is 3.95. The average Bonchev–Trinajstić information content (AvgIpc) is 2.38. The Hall–Kier alpha value is -1.75. The molecule has 0 saturated carbocycles. The number of nitrogens with two attached hydrogens (primary N) is 1. The molecule has 3 nitrogen and oxygen atoms in total. The number of nitrogens with one attached hydrogen (secondary N) is 1. The van der Waals surface area contributed by atoms with Crippen molar-refractivity contribution < 1.29 is 9.13 Å². The van der Waals surface area contributed by atoms with Gasteiger partial charge in [-0.1, -0.05) is 0 Å². The second-order valence-electron chi connectivity index (χ2n) is 4.16. The van der Waals surface area contributed by atoms with Gasteiger partial charge in [0, 0.05) is 11.8 Å². The molecule has 19 heavy (non-hydrogen) atoms.